The van der Waals surface area contributed by atoms with Gasteiger partial charge in [-0.1, -0.05) is 0 Å². The number of benzene rings is 1. The molecule has 7 heteroatoms. The number of nitrogens with one attached hydrogen (secondary N) is 2. The van der Waals surface area contributed by atoms with Crippen LogP contribution in [-0.2, 0) is 4.74 Å². The van der Waals surface area contributed by atoms with Crippen molar-refractivity contribution in [1.82, 2.24) is 9.97 Å². The highest BCUT2D eigenvalue weighted by Crippen LogP contribution is 2.26. The van der Waals surface area contributed by atoms with E-state index < -0.39 is 17.3 Å². The number of fused-ring (bicyclic) bond motifs is 1. The fourth-order valence-corrected chi connectivity index (χ4v) is 2.05. The smallest absolute Gasteiger partial charge is 0.341 e. The number of aromatic nitrogens is 2. The fourth-order valence-electron chi connectivity index (χ4n) is 2.05. The molecule has 0 unspecified atom stereocenters. The lowest BCUT2D eigenvalue weighted by atomic mass is 10.2. The van der Waals surface area contributed by atoms with E-state index in [1.54, 1.807) is 12.3 Å². The number of carbonyl (C=O) groups is 1. The molecular formula is C15H11FN2O4. The molecular weight excluding hydrogens is 291 g/mol. The molecule has 0 bridgehead atoms. The summed E-state index contributed by atoms with van der Waals surface area (Å²) in [4.78, 5) is 29.1. The Labute approximate surface area is 123 Å². The third-order valence-electron chi connectivity index (χ3n) is 3.10. The number of hydrogen-bond acceptors (Lipinski definition) is 4. The number of carbonyl (C=O) groups excluding carboxylic acids is 1. The fraction of sp³-hybridized carbons (Fsp3) is 0.0667. The van der Waals surface area contributed by atoms with E-state index in [9.17, 15) is 14.0 Å². The summed E-state index contributed by atoms with van der Waals surface area (Å²) in [7, 11) is 1.20. The predicted molar refractivity (Wildman–Crippen MR) is 76.7 cm³/mol. The van der Waals surface area contributed by atoms with Crippen molar-refractivity contribution in [2.75, 3.05) is 7.11 Å². The average Bonchev–Trinajstić information content (AvgIpc) is 2.94. The third-order valence-corrected chi connectivity index (χ3v) is 3.10. The quantitative estimate of drug-likeness (QED) is 0.728. The van der Waals surface area contributed by atoms with E-state index in [1.807, 2.05) is 0 Å². The Balaban J connectivity index is 2.07. The maximum Gasteiger partial charge on any atom is 0.341 e. The van der Waals surface area contributed by atoms with Gasteiger partial charge in [0.2, 0.25) is 0 Å². The number of rotatable bonds is 3. The summed E-state index contributed by atoms with van der Waals surface area (Å²) >= 11 is 0. The van der Waals surface area contributed by atoms with Gasteiger partial charge in [0.15, 0.2) is 5.75 Å². The Morgan fingerprint density at radius 1 is 1.18 bits per heavy atom. The maximum atomic E-state index is 13.4. The normalized spacial score (nSPS) is 10.6. The molecule has 0 fully saturated rings. The average molecular weight is 302 g/mol. The molecule has 0 atom stereocenters. The molecule has 3 rings (SSSR count). The van der Waals surface area contributed by atoms with E-state index >= 15 is 0 Å². The van der Waals surface area contributed by atoms with Crippen LogP contribution in [0.15, 0.2) is 41.3 Å². The van der Waals surface area contributed by atoms with Gasteiger partial charge >= 0.3 is 5.97 Å². The van der Waals surface area contributed by atoms with Crippen LogP contribution in [0.25, 0.3) is 11.0 Å². The minimum absolute atomic E-state index is 0.0254. The van der Waals surface area contributed by atoms with E-state index in [0.717, 1.165) is 12.1 Å². The van der Waals surface area contributed by atoms with E-state index in [0.29, 0.717) is 11.0 Å². The first-order valence-corrected chi connectivity index (χ1v) is 6.34. The SMILES string of the molecule is COC(=O)c1ccc(F)cc1Oc1cc2cc[nH]c2[nH]c1=O. The number of ether oxygens (including phenoxy) is 2. The van der Waals surface area contributed by atoms with Gasteiger partial charge in [0, 0.05) is 17.6 Å². The molecule has 2 aromatic heterocycles. The van der Waals surface area contributed by atoms with Crippen LogP contribution in [0.5, 0.6) is 11.5 Å². The van der Waals surface area contributed by atoms with Crippen molar-refractivity contribution in [2.24, 2.45) is 0 Å². The van der Waals surface area contributed by atoms with Gasteiger partial charge in [0.05, 0.1) is 7.11 Å². The highest BCUT2D eigenvalue weighted by molar-refractivity contribution is 5.92. The Morgan fingerprint density at radius 2 is 2.00 bits per heavy atom. The molecule has 6 nitrogen and oxygen atoms in total. The lowest BCUT2D eigenvalue weighted by Crippen LogP contribution is -2.10. The van der Waals surface area contributed by atoms with Crippen molar-refractivity contribution in [3.8, 4) is 11.5 Å². The first-order chi connectivity index (χ1) is 10.6. The van der Waals surface area contributed by atoms with Crippen molar-refractivity contribution in [2.45, 2.75) is 0 Å². The van der Waals surface area contributed by atoms with Crippen molar-refractivity contribution in [3.05, 3.63) is 58.3 Å². The molecule has 1 aromatic carbocycles. The first-order valence-electron chi connectivity index (χ1n) is 6.34. The van der Waals surface area contributed by atoms with Crippen LogP contribution in [0, 0.1) is 5.82 Å². The van der Waals surface area contributed by atoms with Crippen LogP contribution in [0.1, 0.15) is 10.4 Å². The van der Waals surface area contributed by atoms with Gasteiger partial charge < -0.3 is 19.4 Å². The monoisotopic (exact) mass is 302 g/mol. The maximum absolute atomic E-state index is 13.4. The number of aromatic amines is 2. The molecule has 0 aliphatic heterocycles. The summed E-state index contributed by atoms with van der Waals surface area (Å²) in [6.07, 6.45) is 1.66. The molecule has 0 spiro atoms. The highest BCUT2D eigenvalue weighted by Gasteiger charge is 2.16. The molecule has 2 heterocycles. The Hall–Kier alpha value is -3.09. The molecule has 0 aliphatic carbocycles. The third kappa shape index (κ3) is 2.44. The second-order valence-corrected chi connectivity index (χ2v) is 4.50. The van der Waals surface area contributed by atoms with Crippen LogP contribution in [0.4, 0.5) is 4.39 Å². The zero-order chi connectivity index (χ0) is 15.7. The van der Waals surface area contributed by atoms with Crippen LogP contribution in [-0.4, -0.2) is 23.0 Å². The lowest BCUT2D eigenvalue weighted by Gasteiger charge is -2.09. The molecule has 22 heavy (non-hydrogen) atoms. The molecule has 3 aromatic rings. The molecule has 0 saturated carbocycles. The zero-order valence-corrected chi connectivity index (χ0v) is 11.5. The molecule has 2 N–H and O–H groups in total. The van der Waals surface area contributed by atoms with Gasteiger partial charge in [-0.2, -0.15) is 0 Å². The van der Waals surface area contributed by atoms with E-state index in [1.165, 1.54) is 19.2 Å². The zero-order valence-electron chi connectivity index (χ0n) is 11.5. The molecule has 0 aliphatic rings. The van der Waals surface area contributed by atoms with Crippen LogP contribution < -0.4 is 10.3 Å². The largest absolute Gasteiger partial charge is 0.465 e. The molecule has 0 amide bonds. The number of hydrogen-bond donors (Lipinski definition) is 2. The lowest BCUT2D eigenvalue weighted by molar-refractivity contribution is 0.0598. The summed E-state index contributed by atoms with van der Waals surface area (Å²) in [6.45, 7) is 0. The predicted octanol–water partition coefficient (Wildman–Crippen LogP) is 2.57. The van der Waals surface area contributed by atoms with Gasteiger partial charge in [0.1, 0.15) is 22.8 Å². The van der Waals surface area contributed by atoms with Crippen molar-refractivity contribution < 1.29 is 18.7 Å². The topological polar surface area (TPSA) is 84.2 Å². The Morgan fingerprint density at radius 3 is 2.77 bits per heavy atom. The van der Waals surface area contributed by atoms with Gasteiger partial charge in [-0.3, -0.25) is 4.79 Å². The minimum atomic E-state index is -0.686. The number of esters is 1. The summed E-state index contributed by atoms with van der Waals surface area (Å²) in [5.74, 6) is -1.42. The minimum Gasteiger partial charge on any atom is -0.465 e. The van der Waals surface area contributed by atoms with E-state index in [2.05, 4.69) is 14.7 Å². The second-order valence-electron chi connectivity index (χ2n) is 4.50. The summed E-state index contributed by atoms with van der Waals surface area (Å²) in [5.41, 5.74) is 0.0669. The Kier molecular flexibility index (Phi) is 3.38. The summed E-state index contributed by atoms with van der Waals surface area (Å²) in [5, 5.41) is 0.714. The number of methoxy groups -OCH3 is 1. The number of pyridine rings is 1. The van der Waals surface area contributed by atoms with Crippen LogP contribution in [0.3, 0.4) is 0 Å². The van der Waals surface area contributed by atoms with Crippen LogP contribution in [0.2, 0.25) is 0 Å². The summed E-state index contributed by atoms with van der Waals surface area (Å²) in [6, 6.07) is 6.60. The molecule has 0 saturated heterocycles. The van der Waals surface area contributed by atoms with Crippen LogP contribution >= 0.6 is 0 Å². The molecule has 112 valence electrons. The van der Waals surface area contributed by atoms with Crippen molar-refractivity contribution >= 4 is 17.0 Å². The van der Waals surface area contributed by atoms with Gasteiger partial charge in [-0.05, 0) is 24.3 Å². The highest BCUT2D eigenvalue weighted by atomic mass is 19.1. The van der Waals surface area contributed by atoms with E-state index in [-0.39, 0.29) is 17.1 Å². The summed E-state index contributed by atoms with van der Waals surface area (Å²) < 4.78 is 23.4. The molecule has 0 radical (unpaired) electrons. The van der Waals surface area contributed by atoms with Crippen molar-refractivity contribution in [1.29, 1.82) is 0 Å². The second kappa shape index (κ2) is 5.36. The van der Waals surface area contributed by atoms with Gasteiger partial charge in [-0.25, -0.2) is 9.18 Å². The van der Waals surface area contributed by atoms with Crippen molar-refractivity contribution in [3.63, 3.8) is 0 Å². The first kappa shape index (κ1) is 13.9. The van der Waals surface area contributed by atoms with E-state index in [4.69, 9.17) is 4.74 Å². The number of H-pyrrole nitrogens is 2. The van der Waals surface area contributed by atoms with Gasteiger partial charge in [0.25, 0.3) is 5.56 Å². The Bertz CT molecular complexity index is 913. The number of halogens is 1. The standard InChI is InChI=1S/C15H11FN2O4/c1-21-15(20)10-3-2-9(16)7-11(10)22-12-6-8-4-5-17-13(8)18-14(12)19/h2-7H,1H3,(H2,17,18,19). The van der Waals surface area contributed by atoms with Gasteiger partial charge in [-0.15, -0.1) is 0 Å².